The summed E-state index contributed by atoms with van der Waals surface area (Å²) in [4.78, 5) is 31.5. The highest BCUT2D eigenvalue weighted by Gasteiger charge is 2.34. The second-order valence-corrected chi connectivity index (χ2v) is 12.5. The molecule has 10 heteroatoms. The largest absolute Gasteiger partial charge is 0.369 e. The number of benzene rings is 2. The number of aryl methyl sites for hydroxylation is 1. The number of rotatable bonds is 6. The Hall–Kier alpha value is -3.69. The molecule has 232 valence electrons. The van der Waals surface area contributed by atoms with Gasteiger partial charge in [0, 0.05) is 87.0 Å². The Morgan fingerprint density at radius 2 is 1.89 bits per heavy atom. The van der Waals surface area contributed by atoms with E-state index in [4.69, 9.17) is 21.6 Å². The van der Waals surface area contributed by atoms with Gasteiger partial charge in [0.25, 0.3) is 0 Å². The molecule has 1 atom stereocenters. The number of halogens is 2. The minimum Gasteiger partial charge on any atom is -0.369 e. The van der Waals surface area contributed by atoms with Gasteiger partial charge in [0.2, 0.25) is 11.9 Å². The number of hydrogen-bond acceptors (Lipinski definition) is 7. The summed E-state index contributed by atoms with van der Waals surface area (Å²) in [6.45, 7) is 12.1. The molecule has 1 amide bonds. The number of nitrogens with one attached hydrogen (secondary N) is 1. The summed E-state index contributed by atoms with van der Waals surface area (Å²) in [5.41, 5.74) is 6.87. The van der Waals surface area contributed by atoms with E-state index in [2.05, 4.69) is 52.2 Å². The number of likely N-dealkylation sites (N-methyl/N-ethyl adjacent to an activating group) is 1. The lowest BCUT2D eigenvalue weighted by molar-refractivity contribution is -0.132. The van der Waals surface area contributed by atoms with Crippen molar-refractivity contribution in [3.8, 4) is 0 Å². The average Bonchev–Trinajstić information content (AvgIpc) is 3.03. The van der Waals surface area contributed by atoms with Crippen molar-refractivity contribution in [1.29, 1.82) is 0 Å². The molecule has 0 saturated carbocycles. The van der Waals surface area contributed by atoms with E-state index in [1.54, 1.807) is 6.07 Å². The van der Waals surface area contributed by atoms with E-state index in [1.807, 2.05) is 31.0 Å². The Kier molecular flexibility index (Phi) is 8.78. The number of likely N-dealkylation sites (tertiary alicyclic amines) is 1. The van der Waals surface area contributed by atoms with E-state index >= 15 is 0 Å². The van der Waals surface area contributed by atoms with Crippen molar-refractivity contribution < 1.29 is 9.18 Å². The molecule has 0 bridgehead atoms. The summed E-state index contributed by atoms with van der Waals surface area (Å²) in [7, 11) is 2.17. The smallest absolute Gasteiger partial charge is 0.229 e. The quantitative estimate of drug-likeness (QED) is 0.352. The summed E-state index contributed by atoms with van der Waals surface area (Å²) in [6.07, 6.45) is 4.17. The highest BCUT2D eigenvalue weighted by molar-refractivity contribution is 6.33. The van der Waals surface area contributed by atoms with Crippen molar-refractivity contribution in [1.82, 2.24) is 19.8 Å². The first-order valence-corrected chi connectivity index (χ1v) is 16.0. The zero-order valence-electron chi connectivity index (χ0n) is 26.0. The van der Waals surface area contributed by atoms with Crippen LogP contribution in [0.4, 0.5) is 27.5 Å². The van der Waals surface area contributed by atoms with Crippen LogP contribution in [0.5, 0.6) is 0 Å². The van der Waals surface area contributed by atoms with Gasteiger partial charge in [-0.05, 0) is 74.7 Å². The average molecular weight is 618 g/mol. The Labute approximate surface area is 264 Å². The van der Waals surface area contributed by atoms with Crippen LogP contribution < -0.4 is 15.1 Å². The highest BCUT2D eigenvalue weighted by atomic mass is 35.5. The topological polar surface area (TPSA) is 67.8 Å². The molecule has 1 N–H and O–H groups in total. The molecule has 3 aliphatic heterocycles. The molecule has 2 fully saturated rings. The molecule has 4 heterocycles. The first-order valence-electron chi connectivity index (χ1n) is 15.6. The number of carbonyl (C=O) groups excluding carboxylic acids is 1. The number of amides is 1. The predicted molar refractivity (Wildman–Crippen MR) is 177 cm³/mol. The van der Waals surface area contributed by atoms with Gasteiger partial charge in [-0.3, -0.25) is 4.79 Å². The van der Waals surface area contributed by atoms with E-state index in [-0.39, 0.29) is 17.0 Å². The fourth-order valence-corrected chi connectivity index (χ4v) is 6.93. The third-order valence-electron chi connectivity index (χ3n) is 9.29. The van der Waals surface area contributed by atoms with Crippen molar-refractivity contribution >= 4 is 51.8 Å². The van der Waals surface area contributed by atoms with Crippen molar-refractivity contribution in [3.63, 3.8) is 0 Å². The van der Waals surface area contributed by atoms with Gasteiger partial charge in [-0.25, -0.2) is 9.37 Å². The lowest BCUT2D eigenvalue weighted by Crippen LogP contribution is -2.51. The second kappa shape index (κ2) is 12.7. The third kappa shape index (κ3) is 6.00. The van der Waals surface area contributed by atoms with E-state index in [9.17, 15) is 9.18 Å². The van der Waals surface area contributed by atoms with Crippen LogP contribution in [-0.2, 0) is 4.79 Å². The van der Waals surface area contributed by atoms with Crippen molar-refractivity contribution in [2.24, 2.45) is 0 Å². The van der Waals surface area contributed by atoms with Gasteiger partial charge in [-0.15, -0.1) is 0 Å². The summed E-state index contributed by atoms with van der Waals surface area (Å²) in [6, 6.07) is 11.4. The standard InChI is InChI=1S/C34H41ClFN7O/c1-5-31(44)42-13-7-8-25(20-42)43-21-28(26-9-6-10-29(36)32(26)35)23(3)27-19-37-34(39-33(27)43)38-24-11-12-30(22(2)18-24)41-16-14-40(4)15-17-41/h6,9-12,18-19,25H,5,7-8,13-17,20-21H2,1-4H3,(H,37,38,39)/t25-/m1/s1. The summed E-state index contributed by atoms with van der Waals surface area (Å²) >= 11 is 6.50. The number of allylic oxidation sites excluding steroid dienone is 1. The van der Waals surface area contributed by atoms with Crippen LogP contribution in [-0.4, -0.2) is 84.6 Å². The minimum atomic E-state index is -0.441. The van der Waals surface area contributed by atoms with Gasteiger partial charge >= 0.3 is 0 Å². The van der Waals surface area contributed by atoms with Gasteiger partial charge in [0.05, 0.1) is 5.02 Å². The molecule has 6 rings (SSSR count). The number of carbonyl (C=O) groups is 1. The molecule has 0 radical (unpaired) electrons. The Balaban J connectivity index is 1.34. The van der Waals surface area contributed by atoms with Crippen LogP contribution in [0.1, 0.15) is 49.8 Å². The Morgan fingerprint density at radius 3 is 2.64 bits per heavy atom. The first kappa shape index (κ1) is 30.3. The number of anilines is 4. The first-order chi connectivity index (χ1) is 21.2. The van der Waals surface area contributed by atoms with Crippen LogP contribution in [0.2, 0.25) is 5.02 Å². The lowest BCUT2D eigenvalue weighted by atomic mass is 9.90. The predicted octanol–water partition coefficient (Wildman–Crippen LogP) is 6.22. The molecule has 3 aliphatic rings. The van der Waals surface area contributed by atoms with Crippen LogP contribution in [0.25, 0.3) is 11.1 Å². The number of piperazine rings is 1. The van der Waals surface area contributed by atoms with Crippen LogP contribution in [0, 0.1) is 12.7 Å². The maximum atomic E-state index is 14.6. The normalized spacial score (nSPS) is 19.3. The van der Waals surface area contributed by atoms with E-state index in [0.717, 1.165) is 73.8 Å². The molecular weight excluding hydrogens is 577 g/mol. The molecular formula is C34H41ClFN7O. The molecule has 44 heavy (non-hydrogen) atoms. The lowest BCUT2D eigenvalue weighted by Gasteiger charge is -2.43. The maximum absolute atomic E-state index is 14.6. The van der Waals surface area contributed by atoms with Gasteiger partial charge in [-0.2, -0.15) is 4.98 Å². The molecule has 0 aliphatic carbocycles. The monoisotopic (exact) mass is 617 g/mol. The van der Waals surface area contributed by atoms with Crippen LogP contribution in [0.3, 0.4) is 0 Å². The summed E-state index contributed by atoms with van der Waals surface area (Å²) in [5, 5.41) is 3.56. The fraction of sp³-hybridized carbons (Fsp3) is 0.441. The molecule has 3 aromatic rings. The van der Waals surface area contributed by atoms with Crippen LogP contribution >= 0.6 is 11.6 Å². The van der Waals surface area contributed by atoms with Crippen molar-refractivity contribution in [2.75, 3.05) is 68.0 Å². The SMILES string of the molecule is CCC(=O)N1CCC[C@@H](N2CC(c3cccc(F)c3Cl)=C(C)c3cnc(Nc4ccc(N5CCN(C)CC5)c(C)c4)nc32)C1. The van der Waals surface area contributed by atoms with Gasteiger partial charge in [0.15, 0.2) is 0 Å². The van der Waals surface area contributed by atoms with Crippen molar-refractivity contribution in [3.05, 3.63) is 70.1 Å². The van der Waals surface area contributed by atoms with E-state index in [1.165, 1.54) is 17.3 Å². The van der Waals surface area contributed by atoms with Gasteiger partial charge < -0.3 is 24.9 Å². The zero-order valence-corrected chi connectivity index (χ0v) is 26.8. The number of aromatic nitrogens is 2. The Bertz CT molecular complexity index is 1590. The third-order valence-corrected chi connectivity index (χ3v) is 9.68. The zero-order chi connectivity index (χ0) is 31.0. The molecule has 0 unspecified atom stereocenters. The minimum absolute atomic E-state index is 0.0568. The molecule has 0 spiro atoms. The van der Waals surface area contributed by atoms with Gasteiger partial charge in [0.1, 0.15) is 11.6 Å². The summed E-state index contributed by atoms with van der Waals surface area (Å²) < 4.78 is 14.6. The Morgan fingerprint density at radius 1 is 1.09 bits per heavy atom. The number of nitrogens with zero attached hydrogens (tertiary/aromatic N) is 6. The van der Waals surface area contributed by atoms with E-state index in [0.29, 0.717) is 31.0 Å². The molecule has 8 nitrogen and oxygen atoms in total. The fourth-order valence-electron chi connectivity index (χ4n) is 6.69. The number of piperidine rings is 1. The highest BCUT2D eigenvalue weighted by Crippen LogP contribution is 2.42. The second-order valence-electron chi connectivity index (χ2n) is 12.2. The number of hydrogen-bond donors (Lipinski definition) is 1. The number of fused-ring (bicyclic) bond motifs is 1. The molecule has 2 saturated heterocycles. The maximum Gasteiger partial charge on any atom is 0.229 e. The summed E-state index contributed by atoms with van der Waals surface area (Å²) in [5.74, 6) is 1.05. The van der Waals surface area contributed by atoms with Crippen LogP contribution in [0.15, 0.2) is 42.6 Å². The van der Waals surface area contributed by atoms with E-state index < -0.39 is 5.82 Å². The van der Waals surface area contributed by atoms with Gasteiger partial charge in [-0.1, -0.05) is 30.7 Å². The molecule has 2 aromatic carbocycles. The van der Waals surface area contributed by atoms with Crippen molar-refractivity contribution in [2.45, 2.75) is 46.1 Å². The molecule has 1 aromatic heterocycles.